The molecule has 0 saturated carbocycles. The van der Waals surface area contributed by atoms with Gasteiger partial charge in [-0.2, -0.15) is 0 Å². The van der Waals surface area contributed by atoms with E-state index < -0.39 is 10.0 Å². The Hall–Kier alpha value is -1.07. The summed E-state index contributed by atoms with van der Waals surface area (Å²) >= 11 is 0. The zero-order valence-electron chi connectivity index (χ0n) is 10.5. The predicted molar refractivity (Wildman–Crippen MR) is 70.7 cm³/mol. The molecule has 0 aliphatic heterocycles. The second-order valence-electron chi connectivity index (χ2n) is 4.20. The minimum absolute atomic E-state index is 0.112. The Balaban J connectivity index is 3.04. The minimum Gasteiger partial charge on any atom is -0.384 e. The number of sulfonamides is 1. The van der Waals surface area contributed by atoms with Crippen LogP contribution < -0.4 is 10.0 Å². The highest BCUT2D eigenvalue weighted by molar-refractivity contribution is 7.89. The van der Waals surface area contributed by atoms with Crippen LogP contribution in [-0.4, -0.2) is 21.0 Å². The van der Waals surface area contributed by atoms with E-state index in [9.17, 15) is 8.42 Å². The molecule has 0 atom stereocenters. The van der Waals surface area contributed by atoms with Crippen molar-refractivity contribution in [1.29, 1.82) is 0 Å². The third-order valence-corrected chi connectivity index (χ3v) is 3.85. The highest BCUT2D eigenvalue weighted by Gasteiger charge is 2.18. The molecule has 5 heteroatoms. The van der Waals surface area contributed by atoms with Gasteiger partial charge in [-0.15, -0.1) is 0 Å². The van der Waals surface area contributed by atoms with Gasteiger partial charge in [0.2, 0.25) is 10.0 Å². The highest BCUT2D eigenvalue weighted by atomic mass is 32.2. The first-order valence-electron chi connectivity index (χ1n) is 5.82. The number of hydrogen-bond donors (Lipinski definition) is 2. The maximum atomic E-state index is 12.1. The first-order chi connectivity index (χ1) is 7.97. The van der Waals surface area contributed by atoms with Crippen molar-refractivity contribution in [2.45, 2.75) is 38.1 Å². The number of rotatable bonds is 6. The summed E-state index contributed by atoms with van der Waals surface area (Å²) in [4.78, 5) is 0.308. The van der Waals surface area contributed by atoms with Crippen molar-refractivity contribution in [2.75, 3.05) is 11.9 Å². The highest BCUT2D eigenvalue weighted by Crippen LogP contribution is 2.20. The Morgan fingerprint density at radius 2 is 1.88 bits per heavy atom. The first kappa shape index (κ1) is 14.0. The zero-order valence-corrected chi connectivity index (χ0v) is 11.3. The van der Waals surface area contributed by atoms with Gasteiger partial charge in [0, 0.05) is 12.6 Å². The molecule has 1 aromatic rings. The van der Waals surface area contributed by atoms with Crippen LogP contribution in [0.25, 0.3) is 0 Å². The van der Waals surface area contributed by atoms with Gasteiger partial charge in [0.25, 0.3) is 0 Å². The Morgan fingerprint density at radius 3 is 2.47 bits per heavy atom. The fraction of sp³-hybridized carbons (Fsp3) is 0.500. The standard InChI is InChI=1S/C12H20N2O2S/c1-4-9-13-11-7-5-6-8-12(11)17(15,16)14-10(2)3/h5-8,10,13-14H,4,9H2,1-3H3. The molecule has 0 saturated heterocycles. The van der Waals surface area contributed by atoms with E-state index in [0.717, 1.165) is 13.0 Å². The number of hydrogen-bond acceptors (Lipinski definition) is 3. The molecule has 2 N–H and O–H groups in total. The molecule has 0 amide bonds. The van der Waals surface area contributed by atoms with E-state index in [1.165, 1.54) is 0 Å². The molecule has 0 fully saturated rings. The third-order valence-electron chi connectivity index (χ3n) is 2.13. The van der Waals surface area contributed by atoms with Crippen molar-refractivity contribution in [3.05, 3.63) is 24.3 Å². The van der Waals surface area contributed by atoms with Gasteiger partial charge < -0.3 is 5.32 Å². The van der Waals surface area contributed by atoms with Crippen LogP contribution in [0.4, 0.5) is 5.69 Å². The predicted octanol–water partition coefficient (Wildman–Crippen LogP) is 2.20. The summed E-state index contributed by atoms with van der Waals surface area (Å²) in [7, 11) is -3.43. The van der Waals surface area contributed by atoms with Crippen LogP contribution in [0.5, 0.6) is 0 Å². The van der Waals surface area contributed by atoms with Gasteiger partial charge in [0.15, 0.2) is 0 Å². The van der Waals surface area contributed by atoms with E-state index in [1.54, 1.807) is 32.0 Å². The van der Waals surface area contributed by atoms with E-state index in [0.29, 0.717) is 10.6 Å². The summed E-state index contributed by atoms with van der Waals surface area (Å²) in [5, 5.41) is 3.12. The van der Waals surface area contributed by atoms with Gasteiger partial charge in [0.05, 0.1) is 5.69 Å². The van der Waals surface area contributed by atoms with Gasteiger partial charge in [-0.05, 0) is 32.4 Å². The lowest BCUT2D eigenvalue weighted by Crippen LogP contribution is -2.30. The number of para-hydroxylation sites is 1. The van der Waals surface area contributed by atoms with Gasteiger partial charge in [-0.1, -0.05) is 19.1 Å². The van der Waals surface area contributed by atoms with Crippen molar-refractivity contribution in [3.8, 4) is 0 Å². The monoisotopic (exact) mass is 256 g/mol. The van der Waals surface area contributed by atoms with E-state index >= 15 is 0 Å². The maximum Gasteiger partial charge on any atom is 0.242 e. The third kappa shape index (κ3) is 4.02. The molecule has 0 bridgehead atoms. The molecule has 0 spiro atoms. The summed E-state index contributed by atoms with van der Waals surface area (Å²) < 4.78 is 26.7. The van der Waals surface area contributed by atoms with Gasteiger partial charge >= 0.3 is 0 Å². The molecule has 0 unspecified atom stereocenters. The lowest BCUT2D eigenvalue weighted by Gasteiger charge is -2.14. The van der Waals surface area contributed by atoms with Crippen molar-refractivity contribution < 1.29 is 8.42 Å². The molecular formula is C12H20N2O2S. The van der Waals surface area contributed by atoms with Crippen molar-refractivity contribution in [3.63, 3.8) is 0 Å². The van der Waals surface area contributed by atoms with Crippen LogP contribution in [0.1, 0.15) is 27.2 Å². The van der Waals surface area contributed by atoms with Gasteiger partial charge in [-0.25, -0.2) is 13.1 Å². The molecule has 0 aliphatic rings. The van der Waals surface area contributed by atoms with Crippen molar-refractivity contribution >= 4 is 15.7 Å². The van der Waals surface area contributed by atoms with Crippen LogP contribution in [0.2, 0.25) is 0 Å². The molecule has 96 valence electrons. The van der Waals surface area contributed by atoms with Crippen LogP contribution in [0.3, 0.4) is 0 Å². The molecule has 4 nitrogen and oxygen atoms in total. The van der Waals surface area contributed by atoms with E-state index in [1.807, 2.05) is 13.0 Å². The molecule has 0 aliphatic carbocycles. The molecule has 0 heterocycles. The topological polar surface area (TPSA) is 58.2 Å². The first-order valence-corrected chi connectivity index (χ1v) is 7.31. The maximum absolute atomic E-state index is 12.1. The molecule has 1 aromatic carbocycles. The summed E-state index contributed by atoms with van der Waals surface area (Å²) in [5.74, 6) is 0. The number of anilines is 1. The Bertz CT molecular complexity index is 455. The largest absolute Gasteiger partial charge is 0.384 e. The van der Waals surface area contributed by atoms with Gasteiger partial charge in [-0.3, -0.25) is 0 Å². The Labute approximate surface area is 103 Å². The molecule has 0 aromatic heterocycles. The number of benzene rings is 1. The van der Waals surface area contributed by atoms with Crippen LogP contribution in [0.15, 0.2) is 29.2 Å². The molecular weight excluding hydrogens is 236 g/mol. The smallest absolute Gasteiger partial charge is 0.242 e. The van der Waals surface area contributed by atoms with Crippen LogP contribution in [0, 0.1) is 0 Å². The second kappa shape index (κ2) is 6.02. The normalized spacial score (nSPS) is 11.8. The number of nitrogens with one attached hydrogen (secondary N) is 2. The zero-order chi connectivity index (χ0) is 12.9. The Kier molecular flexibility index (Phi) is 4.96. The van der Waals surface area contributed by atoms with Crippen LogP contribution in [-0.2, 0) is 10.0 Å². The van der Waals surface area contributed by atoms with Crippen molar-refractivity contribution in [1.82, 2.24) is 4.72 Å². The fourth-order valence-corrected chi connectivity index (χ4v) is 2.92. The minimum atomic E-state index is -3.43. The van der Waals surface area contributed by atoms with Crippen molar-refractivity contribution in [2.24, 2.45) is 0 Å². The lowest BCUT2D eigenvalue weighted by molar-refractivity contribution is 0.570. The SMILES string of the molecule is CCCNc1ccccc1S(=O)(=O)NC(C)C. The summed E-state index contributed by atoms with van der Waals surface area (Å²) in [6.07, 6.45) is 0.950. The van der Waals surface area contributed by atoms with E-state index in [2.05, 4.69) is 10.0 Å². The fourth-order valence-electron chi connectivity index (χ4n) is 1.48. The molecule has 0 radical (unpaired) electrons. The summed E-state index contributed by atoms with van der Waals surface area (Å²) in [6.45, 7) is 6.41. The summed E-state index contributed by atoms with van der Waals surface area (Å²) in [6, 6.07) is 6.84. The average Bonchev–Trinajstić information content (AvgIpc) is 2.25. The lowest BCUT2D eigenvalue weighted by atomic mass is 10.3. The molecule has 1 rings (SSSR count). The Morgan fingerprint density at radius 1 is 1.24 bits per heavy atom. The van der Waals surface area contributed by atoms with E-state index in [-0.39, 0.29) is 6.04 Å². The average molecular weight is 256 g/mol. The van der Waals surface area contributed by atoms with E-state index in [4.69, 9.17) is 0 Å². The van der Waals surface area contributed by atoms with Crippen LogP contribution >= 0.6 is 0 Å². The summed E-state index contributed by atoms with van der Waals surface area (Å²) in [5.41, 5.74) is 0.655. The quantitative estimate of drug-likeness (QED) is 0.820. The second-order valence-corrected chi connectivity index (χ2v) is 5.88. The van der Waals surface area contributed by atoms with Gasteiger partial charge in [0.1, 0.15) is 4.90 Å². The molecule has 17 heavy (non-hydrogen) atoms.